The predicted molar refractivity (Wildman–Crippen MR) is 91.1 cm³/mol. The normalized spacial score (nSPS) is 13.0. The van der Waals surface area contributed by atoms with Crippen LogP contribution >= 0.6 is 0 Å². The maximum absolute atomic E-state index is 11.5. The summed E-state index contributed by atoms with van der Waals surface area (Å²) in [6, 6.07) is 7.76. The summed E-state index contributed by atoms with van der Waals surface area (Å²) in [5.74, 6) is 0.811. The first kappa shape index (κ1) is 17.3. The molecule has 0 saturated carbocycles. The number of aromatic nitrogens is 2. The zero-order valence-electron chi connectivity index (χ0n) is 14.1. The summed E-state index contributed by atoms with van der Waals surface area (Å²) in [5, 5.41) is 2.75. The molecule has 0 spiro atoms. The van der Waals surface area contributed by atoms with E-state index < -0.39 is 5.60 Å². The number of nitrogens with two attached hydrogens (primary N) is 1. The Hall–Kier alpha value is -2.08. The largest absolute Gasteiger partial charge is 0.444 e. The number of hydrogen-bond acceptors (Lipinski definition) is 4. The number of nitrogens with zero attached hydrogens (tertiary/aromatic N) is 1. The quantitative estimate of drug-likeness (QED) is 0.713. The van der Waals surface area contributed by atoms with Crippen LogP contribution in [0.4, 0.5) is 4.79 Å². The number of unbranched alkanes of at least 4 members (excludes halogenated alkanes) is 1. The van der Waals surface area contributed by atoms with Crippen LogP contribution in [-0.4, -0.2) is 28.2 Å². The number of para-hydroxylation sites is 2. The molecule has 2 aromatic rings. The van der Waals surface area contributed by atoms with E-state index in [0.29, 0.717) is 6.54 Å². The number of benzene rings is 1. The first-order chi connectivity index (χ1) is 10.8. The lowest BCUT2D eigenvalue weighted by atomic mass is 10.1. The van der Waals surface area contributed by atoms with Crippen molar-refractivity contribution in [3.8, 4) is 0 Å². The zero-order valence-corrected chi connectivity index (χ0v) is 14.1. The molecule has 0 aliphatic heterocycles. The number of nitrogens with one attached hydrogen (secondary N) is 2. The van der Waals surface area contributed by atoms with E-state index in [4.69, 9.17) is 10.5 Å². The molecule has 1 atom stereocenters. The maximum Gasteiger partial charge on any atom is 0.407 e. The Morgan fingerprint density at radius 1 is 1.35 bits per heavy atom. The summed E-state index contributed by atoms with van der Waals surface area (Å²) >= 11 is 0. The van der Waals surface area contributed by atoms with E-state index in [9.17, 15) is 4.79 Å². The zero-order chi connectivity index (χ0) is 16.9. The number of H-pyrrole nitrogens is 1. The molecule has 0 bridgehead atoms. The van der Waals surface area contributed by atoms with Crippen molar-refractivity contribution >= 4 is 17.1 Å². The number of ether oxygens (including phenoxy) is 1. The van der Waals surface area contributed by atoms with Gasteiger partial charge in [-0.3, -0.25) is 0 Å². The van der Waals surface area contributed by atoms with Crippen LogP contribution in [0, 0.1) is 0 Å². The van der Waals surface area contributed by atoms with E-state index in [0.717, 1.165) is 36.1 Å². The summed E-state index contributed by atoms with van der Waals surface area (Å²) in [6.07, 6.45) is 2.20. The monoisotopic (exact) mass is 318 g/mol. The van der Waals surface area contributed by atoms with Gasteiger partial charge < -0.3 is 20.8 Å². The second-order valence-corrected chi connectivity index (χ2v) is 6.67. The highest BCUT2D eigenvalue weighted by molar-refractivity contribution is 5.74. The third-order valence-corrected chi connectivity index (χ3v) is 3.37. The van der Waals surface area contributed by atoms with Gasteiger partial charge in [0.2, 0.25) is 0 Å². The number of aromatic amines is 1. The minimum Gasteiger partial charge on any atom is -0.444 e. The molecule has 2 rings (SSSR count). The van der Waals surface area contributed by atoms with Gasteiger partial charge in [-0.25, -0.2) is 9.78 Å². The number of carbonyl (C=O) groups excluding carboxylic acids is 1. The molecule has 1 amide bonds. The fourth-order valence-corrected chi connectivity index (χ4v) is 2.28. The summed E-state index contributed by atoms with van der Waals surface area (Å²) in [6.45, 7) is 6.12. The number of rotatable bonds is 6. The second-order valence-electron chi connectivity index (χ2n) is 6.67. The van der Waals surface area contributed by atoms with Crippen LogP contribution < -0.4 is 11.1 Å². The SMILES string of the molecule is CC(C)(C)OC(=O)NCCCC[C@H](N)c1nc2ccccc2[nH]1. The van der Waals surface area contributed by atoms with E-state index in [2.05, 4.69) is 15.3 Å². The van der Waals surface area contributed by atoms with Gasteiger partial charge in [0, 0.05) is 6.54 Å². The van der Waals surface area contributed by atoms with Crippen molar-refractivity contribution < 1.29 is 9.53 Å². The Kier molecular flexibility index (Phi) is 5.60. The van der Waals surface area contributed by atoms with Gasteiger partial charge in [0.15, 0.2) is 0 Å². The molecule has 6 heteroatoms. The van der Waals surface area contributed by atoms with Gasteiger partial charge in [0.05, 0.1) is 17.1 Å². The molecule has 1 aromatic heterocycles. The molecule has 0 unspecified atom stereocenters. The van der Waals surface area contributed by atoms with Gasteiger partial charge in [-0.1, -0.05) is 12.1 Å². The van der Waals surface area contributed by atoms with Gasteiger partial charge in [-0.05, 0) is 52.2 Å². The van der Waals surface area contributed by atoms with Crippen molar-refractivity contribution in [2.45, 2.75) is 51.7 Å². The maximum atomic E-state index is 11.5. The fraction of sp³-hybridized carbons (Fsp3) is 0.529. The molecular weight excluding hydrogens is 292 g/mol. The van der Waals surface area contributed by atoms with Gasteiger partial charge >= 0.3 is 6.09 Å². The second kappa shape index (κ2) is 7.46. The van der Waals surface area contributed by atoms with Crippen LogP contribution in [0.2, 0.25) is 0 Å². The number of imidazole rings is 1. The predicted octanol–water partition coefficient (Wildman–Crippen LogP) is 3.26. The number of fused-ring (bicyclic) bond motifs is 1. The van der Waals surface area contributed by atoms with Gasteiger partial charge in [0.25, 0.3) is 0 Å². The molecule has 1 heterocycles. The Labute approximate surface area is 136 Å². The first-order valence-corrected chi connectivity index (χ1v) is 8.02. The lowest BCUT2D eigenvalue weighted by Gasteiger charge is -2.19. The molecule has 126 valence electrons. The highest BCUT2D eigenvalue weighted by Crippen LogP contribution is 2.18. The molecule has 4 N–H and O–H groups in total. The van der Waals surface area contributed by atoms with Crippen molar-refractivity contribution in [1.82, 2.24) is 15.3 Å². The number of hydrogen-bond donors (Lipinski definition) is 3. The third-order valence-electron chi connectivity index (χ3n) is 3.37. The highest BCUT2D eigenvalue weighted by Gasteiger charge is 2.15. The van der Waals surface area contributed by atoms with Crippen LogP contribution in [-0.2, 0) is 4.74 Å². The molecule has 0 radical (unpaired) electrons. The fourth-order valence-electron chi connectivity index (χ4n) is 2.28. The van der Waals surface area contributed by atoms with Crippen LogP contribution in [0.3, 0.4) is 0 Å². The summed E-state index contributed by atoms with van der Waals surface area (Å²) in [5.41, 5.74) is 7.65. The van der Waals surface area contributed by atoms with Gasteiger partial charge in [-0.2, -0.15) is 0 Å². The standard InChI is InChI=1S/C17H26N4O2/c1-17(2,3)23-16(22)19-11-7-6-8-12(18)15-20-13-9-4-5-10-14(13)21-15/h4-5,9-10,12H,6-8,11,18H2,1-3H3,(H,19,22)(H,20,21)/t12-/m0/s1. The molecule has 0 aliphatic rings. The number of alkyl carbamates (subject to hydrolysis) is 1. The Balaban J connectivity index is 1.69. The molecule has 23 heavy (non-hydrogen) atoms. The topological polar surface area (TPSA) is 93.0 Å². The first-order valence-electron chi connectivity index (χ1n) is 8.02. The van der Waals surface area contributed by atoms with Gasteiger partial charge in [0.1, 0.15) is 11.4 Å². The van der Waals surface area contributed by atoms with E-state index in [1.54, 1.807) is 0 Å². The summed E-state index contributed by atoms with van der Waals surface area (Å²) in [7, 11) is 0. The van der Waals surface area contributed by atoms with Crippen LogP contribution in [0.5, 0.6) is 0 Å². The minimum absolute atomic E-state index is 0.121. The lowest BCUT2D eigenvalue weighted by molar-refractivity contribution is 0.0527. The molecule has 0 aliphatic carbocycles. The van der Waals surface area contributed by atoms with Crippen LogP contribution in [0.15, 0.2) is 24.3 Å². The van der Waals surface area contributed by atoms with E-state index >= 15 is 0 Å². The van der Waals surface area contributed by atoms with Gasteiger partial charge in [-0.15, -0.1) is 0 Å². The molecule has 1 aromatic carbocycles. The highest BCUT2D eigenvalue weighted by atomic mass is 16.6. The van der Waals surface area contributed by atoms with Crippen molar-refractivity contribution in [3.63, 3.8) is 0 Å². The minimum atomic E-state index is -0.465. The van der Waals surface area contributed by atoms with Crippen molar-refractivity contribution in [3.05, 3.63) is 30.1 Å². The summed E-state index contributed by atoms with van der Waals surface area (Å²) in [4.78, 5) is 19.3. The Bertz CT molecular complexity index is 612. The van der Waals surface area contributed by atoms with Crippen LogP contribution in [0.1, 0.15) is 51.9 Å². The Morgan fingerprint density at radius 3 is 2.78 bits per heavy atom. The third kappa shape index (κ3) is 5.56. The molecule has 0 fully saturated rings. The number of carbonyl (C=O) groups is 1. The smallest absolute Gasteiger partial charge is 0.407 e. The average molecular weight is 318 g/mol. The van der Waals surface area contributed by atoms with E-state index in [1.165, 1.54) is 0 Å². The van der Waals surface area contributed by atoms with Crippen molar-refractivity contribution in [2.75, 3.05) is 6.54 Å². The molecular formula is C17H26N4O2. The average Bonchev–Trinajstić information content (AvgIpc) is 2.88. The molecule has 0 saturated heterocycles. The van der Waals surface area contributed by atoms with Crippen molar-refractivity contribution in [2.24, 2.45) is 5.73 Å². The number of amides is 1. The van der Waals surface area contributed by atoms with E-state index in [-0.39, 0.29) is 12.1 Å². The lowest BCUT2D eigenvalue weighted by Crippen LogP contribution is -2.33. The molecule has 6 nitrogen and oxygen atoms in total. The Morgan fingerprint density at radius 2 is 2.09 bits per heavy atom. The van der Waals surface area contributed by atoms with E-state index in [1.807, 2.05) is 45.0 Å². The summed E-state index contributed by atoms with van der Waals surface area (Å²) < 4.78 is 5.18. The van der Waals surface area contributed by atoms with Crippen molar-refractivity contribution in [1.29, 1.82) is 0 Å². The van der Waals surface area contributed by atoms with Crippen LogP contribution in [0.25, 0.3) is 11.0 Å².